The van der Waals surface area contributed by atoms with Gasteiger partial charge in [0.1, 0.15) is 0 Å². The van der Waals surface area contributed by atoms with Crippen LogP contribution in [0.4, 0.5) is 5.69 Å². The van der Waals surface area contributed by atoms with Crippen LogP contribution in [0.1, 0.15) is 17.7 Å². The average molecular weight is 306 g/mol. The number of aromatic nitrogens is 2. The van der Waals surface area contributed by atoms with Crippen molar-refractivity contribution in [3.8, 4) is 0 Å². The van der Waals surface area contributed by atoms with Crippen molar-refractivity contribution in [3.63, 3.8) is 0 Å². The van der Waals surface area contributed by atoms with Crippen molar-refractivity contribution in [2.24, 2.45) is 7.05 Å². The van der Waals surface area contributed by atoms with Gasteiger partial charge in [0, 0.05) is 25.5 Å². The predicted molar refractivity (Wildman–Crippen MR) is 80.5 cm³/mol. The second-order valence-corrected chi connectivity index (χ2v) is 6.92. The first-order valence-corrected chi connectivity index (χ1v) is 8.38. The van der Waals surface area contributed by atoms with Gasteiger partial charge in [0.2, 0.25) is 10.0 Å². The van der Waals surface area contributed by atoms with E-state index in [2.05, 4.69) is 15.1 Å². The third kappa shape index (κ3) is 3.08. The van der Waals surface area contributed by atoms with Crippen LogP contribution in [-0.2, 0) is 30.0 Å². The first-order valence-electron chi connectivity index (χ1n) is 6.89. The zero-order valence-electron chi connectivity index (χ0n) is 11.8. The van der Waals surface area contributed by atoms with Gasteiger partial charge in [-0.05, 0) is 42.7 Å². The molecule has 21 heavy (non-hydrogen) atoms. The quantitative estimate of drug-likeness (QED) is 0.891. The Morgan fingerprint density at radius 3 is 3.00 bits per heavy atom. The summed E-state index contributed by atoms with van der Waals surface area (Å²) in [7, 11) is -1.71. The number of rotatable bonds is 4. The second kappa shape index (κ2) is 5.50. The van der Waals surface area contributed by atoms with E-state index < -0.39 is 10.0 Å². The van der Waals surface area contributed by atoms with Crippen molar-refractivity contribution in [1.82, 2.24) is 14.5 Å². The van der Waals surface area contributed by atoms with E-state index in [4.69, 9.17) is 0 Å². The highest BCUT2D eigenvalue weighted by Crippen LogP contribution is 2.24. The topological polar surface area (TPSA) is 76.0 Å². The molecule has 1 aliphatic heterocycles. The summed E-state index contributed by atoms with van der Waals surface area (Å²) in [5, 5.41) is 7.43. The fraction of sp³-hybridized carbons (Fsp3) is 0.357. The third-order valence-corrected chi connectivity index (χ3v) is 4.94. The van der Waals surface area contributed by atoms with Crippen LogP contribution in [0.5, 0.6) is 0 Å². The molecule has 0 saturated carbocycles. The van der Waals surface area contributed by atoms with Gasteiger partial charge in [-0.1, -0.05) is 0 Å². The molecule has 0 atom stereocenters. The number of fused-ring (bicyclic) bond motifs is 1. The van der Waals surface area contributed by atoms with Crippen molar-refractivity contribution >= 4 is 15.7 Å². The van der Waals surface area contributed by atoms with E-state index >= 15 is 0 Å². The Hall–Kier alpha value is -1.86. The number of sulfonamides is 1. The molecule has 3 rings (SSSR count). The number of nitrogens with one attached hydrogen (secondary N) is 2. The number of hydrogen-bond donors (Lipinski definition) is 2. The van der Waals surface area contributed by atoms with Crippen LogP contribution in [-0.4, -0.2) is 24.7 Å². The number of anilines is 1. The normalized spacial score (nSPS) is 14.5. The predicted octanol–water partition coefficient (Wildman–Crippen LogP) is 1.26. The molecule has 0 unspecified atom stereocenters. The highest BCUT2D eigenvalue weighted by molar-refractivity contribution is 7.89. The Morgan fingerprint density at radius 1 is 1.38 bits per heavy atom. The summed E-state index contributed by atoms with van der Waals surface area (Å²) in [6, 6.07) is 7.02. The molecule has 0 saturated heterocycles. The van der Waals surface area contributed by atoms with Crippen LogP contribution in [0.2, 0.25) is 0 Å². The lowest BCUT2D eigenvalue weighted by Crippen LogP contribution is -2.24. The lowest BCUT2D eigenvalue weighted by Gasteiger charge is -2.18. The molecule has 7 heteroatoms. The van der Waals surface area contributed by atoms with Gasteiger partial charge in [-0.2, -0.15) is 5.10 Å². The van der Waals surface area contributed by atoms with E-state index in [-0.39, 0.29) is 6.54 Å². The molecule has 0 amide bonds. The molecule has 1 aromatic heterocycles. The first kappa shape index (κ1) is 14.1. The van der Waals surface area contributed by atoms with Crippen molar-refractivity contribution in [3.05, 3.63) is 41.7 Å². The lowest BCUT2D eigenvalue weighted by molar-refractivity contribution is 0.579. The van der Waals surface area contributed by atoms with Crippen molar-refractivity contribution in [1.29, 1.82) is 0 Å². The van der Waals surface area contributed by atoms with Crippen LogP contribution in [0.25, 0.3) is 0 Å². The summed E-state index contributed by atoms with van der Waals surface area (Å²) in [5.41, 5.74) is 2.78. The van der Waals surface area contributed by atoms with Crippen molar-refractivity contribution < 1.29 is 8.42 Å². The van der Waals surface area contributed by atoms with Gasteiger partial charge in [-0.15, -0.1) is 0 Å². The SMILES string of the molecule is Cn1ccc(CNS(=O)(=O)c2ccc3c(c2)CCCN3)n1. The molecule has 2 aromatic rings. The van der Waals surface area contributed by atoms with Crippen LogP contribution in [0.15, 0.2) is 35.4 Å². The van der Waals surface area contributed by atoms with Crippen molar-refractivity contribution in [2.45, 2.75) is 24.3 Å². The highest BCUT2D eigenvalue weighted by atomic mass is 32.2. The fourth-order valence-electron chi connectivity index (χ4n) is 2.43. The first-order chi connectivity index (χ1) is 10.0. The number of benzene rings is 1. The zero-order valence-corrected chi connectivity index (χ0v) is 12.7. The smallest absolute Gasteiger partial charge is 0.240 e. The van der Waals surface area contributed by atoms with Gasteiger partial charge in [-0.3, -0.25) is 4.68 Å². The van der Waals surface area contributed by atoms with Gasteiger partial charge >= 0.3 is 0 Å². The van der Waals surface area contributed by atoms with Crippen LogP contribution in [0.3, 0.4) is 0 Å². The third-order valence-electron chi connectivity index (χ3n) is 3.54. The summed E-state index contributed by atoms with van der Waals surface area (Å²) >= 11 is 0. The molecule has 112 valence electrons. The molecule has 1 aromatic carbocycles. The Balaban J connectivity index is 1.78. The summed E-state index contributed by atoms with van der Waals surface area (Å²) in [6.07, 6.45) is 3.72. The minimum Gasteiger partial charge on any atom is -0.385 e. The van der Waals surface area contributed by atoms with E-state index in [0.717, 1.165) is 30.6 Å². The summed E-state index contributed by atoms with van der Waals surface area (Å²) in [4.78, 5) is 0.306. The highest BCUT2D eigenvalue weighted by Gasteiger charge is 2.17. The van der Waals surface area contributed by atoms with Crippen molar-refractivity contribution in [2.75, 3.05) is 11.9 Å². The monoisotopic (exact) mass is 306 g/mol. The van der Waals surface area contributed by atoms with Crippen LogP contribution >= 0.6 is 0 Å². The Morgan fingerprint density at radius 2 is 2.24 bits per heavy atom. The summed E-state index contributed by atoms with van der Waals surface area (Å²) in [5.74, 6) is 0. The van der Waals surface area contributed by atoms with Gasteiger partial charge in [0.15, 0.2) is 0 Å². The number of nitrogens with zero attached hydrogens (tertiary/aromatic N) is 2. The Bertz CT molecular complexity index is 752. The molecular formula is C14H18N4O2S. The van der Waals surface area contributed by atoms with Gasteiger partial charge in [0.05, 0.1) is 17.1 Å². The zero-order chi connectivity index (χ0) is 14.9. The molecule has 2 heterocycles. The maximum absolute atomic E-state index is 12.3. The van der Waals surface area contributed by atoms with E-state index in [1.165, 1.54) is 0 Å². The molecule has 0 fully saturated rings. The van der Waals surface area contributed by atoms with E-state index in [1.54, 1.807) is 36.1 Å². The fourth-order valence-corrected chi connectivity index (χ4v) is 3.48. The molecule has 0 aliphatic carbocycles. The minimum absolute atomic E-state index is 0.193. The molecule has 0 bridgehead atoms. The molecule has 0 radical (unpaired) electrons. The van der Waals surface area contributed by atoms with E-state index in [1.807, 2.05) is 6.07 Å². The second-order valence-electron chi connectivity index (χ2n) is 5.15. The minimum atomic E-state index is -3.51. The largest absolute Gasteiger partial charge is 0.385 e. The molecule has 2 N–H and O–H groups in total. The molecule has 0 spiro atoms. The maximum atomic E-state index is 12.3. The molecule has 1 aliphatic rings. The maximum Gasteiger partial charge on any atom is 0.240 e. The average Bonchev–Trinajstić information content (AvgIpc) is 2.90. The van der Waals surface area contributed by atoms with Crippen LogP contribution < -0.4 is 10.0 Å². The summed E-state index contributed by atoms with van der Waals surface area (Å²) < 4.78 is 28.9. The lowest BCUT2D eigenvalue weighted by atomic mass is 10.0. The van der Waals surface area contributed by atoms with E-state index in [9.17, 15) is 8.42 Å². The van der Waals surface area contributed by atoms with Gasteiger partial charge < -0.3 is 5.32 Å². The Kier molecular flexibility index (Phi) is 3.69. The van der Waals surface area contributed by atoms with Crippen LogP contribution in [0, 0.1) is 0 Å². The number of hydrogen-bond acceptors (Lipinski definition) is 4. The van der Waals surface area contributed by atoms with Gasteiger partial charge in [0.25, 0.3) is 0 Å². The summed E-state index contributed by atoms with van der Waals surface area (Å²) in [6.45, 7) is 1.13. The standard InChI is InChI=1S/C14H18N4O2S/c1-18-8-6-12(17-18)10-16-21(19,20)13-4-5-14-11(9-13)3-2-7-15-14/h4-6,8-9,15-16H,2-3,7,10H2,1H3. The van der Waals surface area contributed by atoms with E-state index in [0.29, 0.717) is 10.6 Å². The molecular weight excluding hydrogens is 288 g/mol. The van der Waals surface area contributed by atoms with Gasteiger partial charge in [-0.25, -0.2) is 13.1 Å². The molecule has 6 nitrogen and oxygen atoms in total. The number of aryl methyl sites for hydroxylation is 2. The Labute approximate surface area is 124 Å².